The largest absolute Gasteiger partial charge is 0.264 e. The van der Waals surface area contributed by atoms with Crippen LogP contribution in [0.15, 0.2) is 47.7 Å². The van der Waals surface area contributed by atoms with Crippen LogP contribution in [0.1, 0.15) is 5.56 Å². The maximum absolute atomic E-state index is 4.74. The van der Waals surface area contributed by atoms with Gasteiger partial charge in [0.15, 0.2) is 0 Å². The first-order valence-corrected chi connectivity index (χ1v) is 6.31. The van der Waals surface area contributed by atoms with E-state index in [0.29, 0.717) is 0 Å². The highest BCUT2D eigenvalue weighted by molar-refractivity contribution is 5.94. The Balaban J connectivity index is 2.31. The lowest BCUT2D eigenvalue weighted by Crippen LogP contribution is -2.25. The normalized spacial score (nSPS) is 12.1. The van der Waals surface area contributed by atoms with Crippen molar-refractivity contribution in [3.05, 3.63) is 58.9 Å². The molecule has 1 aliphatic rings. The highest BCUT2D eigenvalue weighted by atomic mass is 14.8. The molecule has 0 spiro atoms. The van der Waals surface area contributed by atoms with Gasteiger partial charge in [-0.1, -0.05) is 24.8 Å². The second-order valence-electron chi connectivity index (χ2n) is 4.88. The summed E-state index contributed by atoms with van der Waals surface area (Å²) in [6.07, 6.45) is 3.73. The van der Waals surface area contributed by atoms with Crippen LogP contribution in [0.3, 0.4) is 0 Å². The molecule has 19 heavy (non-hydrogen) atoms. The summed E-state index contributed by atoms with van der Waals surface area (Å²) in [5, 5.41) is 4.31. The zero-order chi connectivity index (χ0) is 13.0. The van der Waals surface area contributed by atoms with E-state index in [-0.39, 0.29) is 0 Å². The highest BCUT2D eigenvalue weighted by Crippen LogP contribution is 2.35. The molecule has 0 atom stereocenters. The first-order chi connectivity index (χ1) is 9.27. The third kappa shape index (κ3) is 1.26. The monoisotopic (exact) mass is 244 g/mol. The summed E-state index contributed by atoms with van der Waals surface area (Å²) in [5.74, 6) is 0. The maximum Gasteiger partial charge on any atom is 0.0791 e. The minimum Gasteiger partial charge on any atom is -0.264 e. The van der Waals surface area contributed by atoms with Crippen LogP contribution in [-0.4, -0.2) is 4.98 Å². The average molecular weight is 244 g/mol. The van der Waals surface area contributed by atoms with E-state index in [4.69, 9.17) is 4.99 Å². The molecule has 3 aromatic rings. The van der Waals surface area contributed by atoms with Crippen LogP contribution in [0.4, 0.5) is 5.69 Å². The number of hydrogen-bond acceptors (Lipinski definition) is 2. The molecule has 0 radical (unpaired) electrons. The van der Waals surface area contributed by atoms with Crippen LogP contribution in [0, 0.1) is 6.92 Å². The highest BCUT2D eigenvalue weighted by Gasteiger charge is 2.18. The molecule has 2 heteroatoms. The molecule has 2 nitrogen and oxygen atoms in total. The third-order valence-corrected chi connectivity index (χ3v) is 3.85. The summed E-state index contributed by atoms with van der Waals surface area (Å²) in [6, 6.07) is 10.3. The van der Waals surface area contributed by atoms with Gasteiger partial charge in [0.1, 0.15) is 0 Å². The SMILES string of the molecule is C=c1c2c(c(C)c3cnccc13)-c1ccccc1N=2. The summed E-state index contributed by atoms with van der Waals surface area (Å²) < 4.78 is 0. The van der Waals surface area contributed by atoms with Crippen LogP contribution in [-0.2, 0) is 0 Å². The molecule has 0 amide bonds. The molecule has 4 rings (SSSR count). The molecule has 1 aromatic heterocycles. The maximum atomic E-state index is 4.74. The predicted molar refractivity (Wildman–Crippen MR) is 77.9 cm³/mol. The zero-order valence-electron chi connectivity index (χ0n) is 10.6. The van der Waals surface area contributed by atoms with Crippen molar-refractivity contribution in [2.75, 3.05) is 0 Å². The minimum absolute atomic E-state index is 0.995. The number of nitrogens with zero attached hydrogens (tertiary/aromatic N) is 2. The lowest BCUT2D eigenvalue weighted by molar-refractivity contribution is 1.32. The van der Waals surface area contributed by atoms with Crippen molar-refractivity contribution in [1.82, 2.24) is 4.98 Å². The molecular weight excluding hydrogens is 232 g/mol. The lowest BCUT2D eigenvalue weighted by Gasteiger charge is -2.07. The number of benzene rings is 2. The fraction of sp³-hybridized carbons (Fsp3) is 0.0588. The Bertz CT molecular complexity index is 939. The summed E-state index contributed by atoms with van der Waals surface area (Å²) in [4.78, 5) is 8.98. The third-order valence-electron chi connectivity index (χ3n) is 3.85. The summed E-state index contributed by atoms with van der Waals surface area (Å²) in [7, 11) is 0. The Kier molecular flexibility index (Phi) is 1.93. The van der Waals surface area contributed by atoms with E-state index in [1.807, 2.05) is 24.5 Å². The van der Waals surface area contributed by atoms with Crippen molar-refractivity contribution in [3.63, 3.8) is 0 Å². The van der Waals surface area contributed by atoms with Gasteiger partial charge in [0.25, 0.3) is 0 Å². The Morgan fingerprint density at radius 3 is 2.79 bits per heavy atom. The molecule has 0 saturated heterocycles. The minimum atomic E-state index is 0.995. The van der Waals surface area contributed by atoms with Gasteiger partial charge in [-0.05, 0) is 30.0 Å². The quantitative estimate of drug-likeness (QED) is 0.467. The van der Waals surface area contributed by atoms with Gasteiger partial charge in [0, 0.05) is 34.1 Å². The molecule has 1 aliphatic heterocycles. The fourth-order valence-corrected chi connectivity index (χ4v) is 2.90. The average Bonchev–Trinajstić information content (AvgIpc) is 2.84. The van der Waals surface area contributed by atoms with E-state index in [0.717, 1.165) is 27.0 Å². The van der Waals surface area contributed by atoms with Gasteiger partial charge in [0.2, 0.25) is 0 Å². The van der Waals surface area contributed by atoms with E-state index >= 15 is 0 Å². The lowest BCUT2D eigenvalue weighted by atomic mass is 9.95. The van der Waals surface area contributed by atoms with E-state index in [1.165, 1.54) is 16.7 Å². The van der Waals surface area contributed by atoms with Crippen LogP contribution < -0.4 is 10.6 Å². The Labute approximate surface area is 110 Å². The number of fused-ring (bicyclic) bond motifs is 4. The Morgan fingerprint density at radius 1 is 1.05 bits per heavy atom. The Hall–Kier alpha value is -2.48. The molecular formula is C17H12N2. The van der Waals surface area contributed by atoms with E-state index in [9.17, 15) is 0 Å². The number of para-hydroxylation sites is 1. The van der Waals surface area contributed by atoms with Gasteiger partial charge in [-0.15, -0.1) is 0 Å². The standard InChI is InChI=1S/C17H12N2/c1-10-14-9-18-8-7-12(14)11(2)17-16(10)13-5-3-4-6-15(13)19-17/h3-9H,2H2,1H3. The molecule has 0 fully saturated rings. The van der Waals surface area contributed by atoms with Crippen LogP contribution in [0.2, 0.25) is 0 Å². The molecule has 2 heterocycles. The van der Waals surface area contributed by atoms with Crippen molar-refractivity contribution in [2.24, 2.45) is 4.99 Å². The summed E-state index contributed by atoms with van der Waals surface area (Å²) in [6.45, 7) is 6.36. The van der Waals surface area contributed by atoms with Gasteiger partial charge in [-0.2, -0.15) is 0 Å². The van der Waals surface area contributed by atoms with E-state index < -0.39 is 0 Å². The molecule has 0 aliphatic carbocycles. The number of hydrogen-bond donors (Lipinski definition) is 0. The van der Waals surface area contributed by atoms with Crippen molar-refractivity contribution in [1.29, 1.82) is 0 Å². The summed E-state index contributed by atoms with van der Waals surface area (Å²) in [5.41, 5.74) is 4.68. The molecule has 0 N–H and O–H groups in total. The number of aromatic nitrogens is 1. The number of rotatable bonds is 0. The first-order valence-electron chi connectivity index (χ1n) is 6.31. The van der Waals surface area contributed by atoms with E-state index in [1.54, 1.807) is 0 Å². The second kappa shape index (κ2) is 3.51. The van der Waals surface area contributed by atoms with Crippen molar-refractivity contribution in [2.45, 2.75) is 6.92 Å². The van der Waals surface area contributed by atoms with Crippen molar-refractivity contribution >= 4 is 23.0 Å². The molecule has 0 bridgehead atoms. The smallest absolute Gasteiger partial charge is 0.0791 e. The van der Waals surface area contributed by atoms with Crippen LogP contribution in [0.25, 0.3) is 28.5 Å². The topological polar surface area (TPSA) is 25.2 Å². The van der Waals surface area contributed by atoms with Gasteiger partial charge in [0.05, 0.1) is 11.0 Å². The van der Waals surface area contributed by atoms with Crippen LogP contribution in [0.5, 0.6) is 0 Å². The Morgan fingerprint density at radius 2 is 1.89 bits per heavy atom. The number of pyridine rings is 1. The van der Waals surface area contributed by atoms with Crippen molar-refractivity contribution < 1.29 is 0 Å². The predicted octanol–water partition coefficient (Wildman–Crippen LogP) is 2.89. The summed E-state index contributed by atoms with van der Waals surface area (Å²) >= 11 is 0. The van der Waals surface area contributed by atoms with Crippen molar-refractivity contribution in [3.8, 4) is 11.1 Å². The van der Waals surface area contributed by atoms with Gasteiger partial charge in [-0.3, -0.25) is 4.98 Å². The zero-order valence-corrected chi connectivity index (χ0v) is 10.6. The molecule has 0 saturated carbocycles. The van der Waals surface area contributed by atoms with E-state index in [2.05, 4.69) is 36.7 Å². The van der Waals surface area contributed by atoms with Crippen LogP contribution >= 0.6 is 0 Å². The molecule has 0 unspecified atom stereocenters. The van der Waals surface area contributed by atoms with Gasteiger partial charge in [-0.25, -0.2) is 4.99 Å². The fourth-order valence-electron chi connectivity index (χ4n) is 2.90. The number of aryl methyl sites for hydroxylation is 1. The molecule has 2 aromatic carbocycles. The molecule has 90 valence electrons. The first kappa shape index (κ1) is 10.4. The van der Waals surface area contributed by atoms with Gasteiger partial charge >= 0.3 is 0 Å². The second-order valence-corrected chi connectivity index (χ2v) is 4.88. The van der Waals surface area contributed by atoms with Gasteiger partial charge < -0.3 is 0 Å².